The maximum absolute atomic E-state index is 2.54. The van der Waals surface area contributed by atoms with Gasteiger partial charge in [0.15, 0.2) is 0 Å². The van der Waals surface area contributed by atoms with Crippen LogP contribution >= 0.6 is 0 Å². The molecule has 1 saturated carbocycles. The minimum Gasteiger partial charge on any atom is -0.0817 e. The van der Waals surface area contributed by atoms with Crippen molar-refractivity contribution in [3.8, 4) is 0 Å². The van der Waals surface area contributed by atoms with Crippen molar-refractivity contribution >= 4 is 0 Å². The van der Waals surface area contributed by atoms with E-state index >= 15 is 0 Å². The second kappa shape index (κ2) is 2.11. The third-order valence-corrected chi connectivity index (χ3v) is 3.15. The van der Waals surface area contributed by atoms with Crippen LogP contribution < -0.4 is 0 Å². The Bertz CT molecular complexity index is 165. The zero-order chi connectivity index (χ0) is 7.14. The molecule has 0 radical (unpaired) electrons. The van der Waals surface area contributed by atoms with Crippen molar-refractivity contribution in [2.45, 2.75) is 33.1 Å². The van der Waals surface area contributed by atoms with E-state index in [0.717, 1.165) is 17.8 Å². The molecule has 1 fully saturated rings. The van der Waals surface area contributed by atoms with Crippen LogP contribution in [0, 0.1) is 17.8 Å². The van der Waals surface area contributed by atoms with E-state index in [9.17, 15) is 0 Å². The molecule has 0 heterocycles. The zero-order valence-corrected chi connectivity index (χ0v) is 6.93. The van der Waals surface area contributed by atoms with Gasteiger partial charge < -0.3 is 0 Å². The molecule has 2 unspecified atom stereocenters. The Labute approximate surface area is 63.3 Å². The minimum absolute atomic E-state index is 0.873. The maximum atomic E-state index is 2.54. The summed E-state index contributed by atoms with van der Waals surface area (Å²) in [5.74, 6) is 2.81. The topological polar surface area (TPSA) is 0 Å². The van der Waals surface area contributed by atoms with Gasteiger partial charge in [-0.25, -0.2) is 0 Å². The predicted molar refractivity (Wildman–Crippen MR) is 43.8 cm³/mol. The lowest BCUT2D eigenvalue weighted by Gasteiger charge is -2.24. The van der Waals surface area contributed by atoms with Crippen LogP contribution in [-0.4, -0.2) is 0 Å². The summed E-state index contributed by atoms with van der Waals surface area (Å²) in [7, 11) is 0. The Morgan fingerprint density at radius 1 is 1.50 bits per heavy atom. The Hall–Kier alpha value is -0.260. The van der Waals surface area contributed by atoms with Crippen LogP contribution in [-0.2, 0) is 0 Å². The second-order valence-corrected chi connectivity index (χ2v) is 4.12. The molecule has 2 aliphatic carbocycles. The van der Waals surface area contributed by atoms with Gasteiger partial charge in [0.1, 0.15) is 0 Å². The lowest BCUT2D eigenvalue weighted by Crippen LogP contribution is -2.12. The molecule has 0 aromatic heterocycles. The molecule has 2 aliphatic rings. The van der Waals surface area contributed by atoms with Crippen molar-refractivity contribution in [1.29, 1.82) is 0 Å². The van der Waals surface area contributed by atoms with Gasteiger partial charge in [-0.2, -0.15) is 0 Å². The molecule has 2 atom stereocenters. The fraction of sp³-hybridized carbons (Fsp3) is 0.800. The van der Waals surface area contributed by atoms with E-state index in [4.69, 9.17) is 0 Å². The highest BCUT2D eigenvalue weighted by Gasteiger charge is 2.33. The van der Waals surface area contributed by atoms with Crippen molar-refractivity contribution in [2.75, 3.05) is 0 Å². The van der Waals surface area contributed by atoms with E-state index in [2.05, 4.69) is 19.9 Å². The summed E-state index contributed by atoms with van der Waals surface area (Å²) in [4.78, 5) is 0. The van der Waals surface area contributed by atoms with Crippen molar-refractivity contribution in [3.05, 3.63) is 11.6 Å². The third-order valence-electron chi connectivity index (χ3n) is 3.15. The number of hydrogen-bond acceptors (Lipinski definition) is 0. The summed E-state index contributed by atoms with van der Waals surface area (Å²) in [6.07, 6.45) is 6.90. The maximum Gasteiger partial charge on any atom is -0.0194 e. The van der Waals surface area contributed by atoms with Crippen molar-refractivity contribution in [1.82, 2.24) is 0 Å². The first-order chi connectivity index (χ1) is 4.77. The monoisotopic (exact) mass is 136 g/mol. The average molecular weight is 136 g/mol. The first kappa shape index (κ1) is 6.45. The van der Waals surface area contributed by atoms with Gasteiger partial charge in [-0.05, 0) is 37.0 Å². The molecule has 0 N–H and O–H groups in total. The largest absolute Gasteiger partial charge is 0.0817 e. The van der Waals surface area contributed by atoms with Gasteiger partial charge in [0.25, 0.3) is 0 Å². The molecular weight excluding hydrogens is 120 g/mol. The summed E-state index contributed by atoms with van der Waals surface area (Å²) in [6, 6.07) is 0. The molecular formula is C10H16. The number of allylic oxidation sites excluding steroid dienone is 2. The molecule has 2 rings (SSSR count). The highest BCUT2D eigenvalue weighted by atomic mass is 14.4. The number of rotatable bonds is 1. The third kappa shape index (κ3) is 0.817. The molecule has 10 heavy (non-hydrogen) atoms. The predicted octanol–water partition coefficient (Wildman–Crippen LogP) is 3.00. The van der Waals surface area contributed by atoms with Gasteiger partial charge in [0.2, 0.25) is 0 Å². The van der Waals surface area contributed by atoms with Crippen LogP contribution in [0.1, 0.15) is 33.1 Å². The molecule has 0 amide bonds. The fourth-order valence-corrected chi connectivity index (χ4v) is 2.14. The van der Waals surface area contributed by atoms with Crippen molar-refractivity contribution in [3.63, 3.8) is 0 Å². The van der Waals surface area contributed by atoms with Gasteiger partial charge in [-0.3, -0.25) is 0 Å². The lowest BCUT2D eigenvalue weighted by molar-refractivity contribution is 0.366. The minimum atomic E-state index is 0.873. The van der Waals surface area contributed by atoms with E-state index in [1.54, 1.807) is 5.57 Å². The van der Waals surface area contributed by atoms with E-state index in [1.807, 2.05) is 0 Å². The lowest BCUT2D eigenvalue weighted by atomic mass is 9.81. The Morgan fingerprint density at radius 2 is 2.30 bits per heavy atom. The van der Waals surface area contributed by atoms with E-state index in [0.29, 0.717) is 0 Å². The van der Waals surface area contributed by atoms with Gasteiger partial charge >= 0.3 is 0 Å². The standard InChI is InChI=1S/C10H16/c1-7(2)10-5-8-3-4-9(8)6-10/h5,7,9-10H,3-4,6H2,1-2H3. The van der Waals surface area contributed by atoms with E-state index in [1.165, 1.54) is 19.3 Å². The molecule has 0 saturated heterocycles. The molecule has 0 spiro atoms. The molecule has 0 aromatic carbocycles. The van der Waals surface area contributed by atoms with Crippen molar-refractivity contribution < 1.29 is 0 Å². The van der Waals surface area contributed by atoms with Crippen LogP contribution in [0.4, 0.5) is 0 Å². The fourth-order valence-electron chi connectivity index (χ4n) is 2.14. The molecule has 0 nitrogen and oxygen atoms in total. The van der Waals surface area contributed by atoms with Gasteiger partial charge in [0.05, 0.1) is 0 Å². The Kier molecular flexibility index (Phi) is 1.36. The quantitative estimate of drug-likeness (QED) is 0.486. The van der Waals surface area contributed by atoms with Crippen LogP contribution in [0.3, 0.4) is 0 Å². The summed E-state index contributed by atoms with van der Waals surface area (Å²) in [5, 5.41) is 0. The van der Waals surface area contributed by atoms with E-state index < -0.39 is 0 Å². The van der Waals surface area contributed by atoms with Crippen LogP contribution in [0.25, 0.3) is 0 Å². The summed E-state index contributed by atoms with van der Waals surface area (Å²) in [5.41, 5.74) is 1.78. The first-order valence-electron chi connectivity index (χ1n) is 4.48. The van der Waals surface area contributed by atoms with Crippen LogP contribution in [0.2, 0.25) is 0 Å². The van der Waals surface area contributed by atoms with Crippen LogP contribution in [0.15, 0.2) is 11.6 Å². The summed E-state index contributed by atoms with van der Waals surface area (Å²) in [6.45, 7) is 4.68. The van der Waals surface area contributed by atoms with Crippen molar-refractivity contribution in [2.24, 2.45) is 17.8 Å². The SMILES string of the molecule is CC(C)C1C=C2CCC2C1. The van der Waals surface area contributed by atoms with Gasteiger partial charge in [0, 0.05) is 0 Å². The molecule has 0 aliphatic heterocycles. The molecule has 0 heteroatoms. The molecule has 56 valence electrons. The van der Waals surface area contributed by atoms with Gasteiger partial charge in [-0.15, -0.1) is 0 Å². The zero-order valence-electron chi connectivity index (χ0n) is 6.93. The first-order valence-corrected chi connectivity index (χ1v) is 4.48. The molecule has 0 bridgehead atoms. The Balaban J connectivity index is 2.04. The normalized spacial score (nSPS) is 37.3. The Morgan fingerprint density at radius 3 is 2.60 bits per heavy atom. The average Bonchev–Trinajstić information content (AvgIpc) is 2.09. The second-order valence-electron chi connectivity index (χ2n) is 4.12. The number of fused-ring (bicyclic) bond motifs is 1. The summed E-state index contributed by atoms with van der Waals surface area (Å²) < 4.78 is 0. The molecule has 0 aromatic rings. The summed E-state index contributed by atoms with van der Waals surface area (Å²) >= 11 is 0. The number of hydrogen-bond donors (Lipinski definition) is 0. The smallest absolute Gasteiger partial charge is 0.0194 e. The highest BCUT2D eigenvalue weighted by Crippen LogP contribution is 2.46. The van der Waals surface area contributed by atoms with Crippen LogP contribution in [0.5, 0.6) is 0 Å². The van der Waals surface area contributed by atoms with Gasteiger partial charge in [-0.1, -0.05) is 25.5 Å². The highest BCUT2D eigenvalue weighted by molar-refractivity contribution is 5.22. The van der Waals surface area contributed by atoms with E-state index in [-0.39, 0.29) is 0 Å².